The lowest BCUT2D eigenvalue weighted by Gasteiger charge is -2.23. The number of amides is 1. The zero-order valence-corrected chi connectivity index (χ0v) is 19.5. The second-order valence-corrected chi connectivity index (χ2v) is 8.27. The summed E-state index contributed by atoms with van der Waals surface area (Å²) in [6, 6.07) is 17.7. The molecule has 1 amide bonds. The monoisotopic (exact) mass is 470 g/mol. The number of pyridine rings is 1. The number of phenolic OH excluding ortho intramolecular Hbond substituents is 1. The number of aromatic nitrogens is 1. The molecule has 8 heteroatoms. The fourth-order valence-electron chi connectivity index (χ4n) is 3.92. The standard InChI is InChI=1S/C27H26N4O4/c1-3-20(18-10-5-4-6-11-18)29-22-23(26(34)25(22)33)30-21-13-7-12-19(24(21)32)27(35)31(2)16-17-9-8-14-28-15-17/h4-15,20,29-30,32H,3,16H2,1-2H3/t20-/m1/s1. The Bertz CT molecular complexity index is 1400. The quantitative estimate of drug-likeness (QED) is 0.251. The Morgan fingerprint density at radius 2 is 1.74 bits per heavy atom. The van der Waals surface area contributed by atoms with Crippen molar-refractivity contribution in [3.8, 4) is 5.75 Å². The average Bonchev–Trinajstić information content (AvgIpc) is 2.89. The van der Waals surface area contributed by atoms with Crippen LogP contribution >= 0.6 is 0 Å². The van der Waals surface area contributed by atoms with Crippen molar-refractivity contribution in [3.63, 3.8) is 0 Å². The van der Waals surface area contributed by atoms with Crippen LogP contribution in [0.5, 0.6) is 5.75 Å². The van der Waals surface area contributed by atoms with Gasteiger partial charge in [0.2, 0.25) is 0 Å². The molecular weight excluding hydrogens is 444 g/mol. The summed E-state index contributed by atoms with van der Waals surface area (Å²) in [6.07, 6.45) is 4.01. The molecule has 0 unspecified atom stereocenters. The summed E-state index contributed by atoms with van der Waals surface area (Å²) in [7, 11) is 1.63. The number of anilines is 3. The van der Waals surface area contributed by atoms with Crippen molar-refractivity contribution in [2.24, 2.45) is 0 Å². The largest absolute Gasteiger partial charge is 0.505 e. The van der Waals surface area contributed by atoms with Crippen molar-refractivity contribution in [3.05, 3.63) is 110 Å². The summed E-state index contributed by atoms with van der Waals surface area (Å²) in [5.74, 6) is -0.696. The SMILES string of the molecule is CC[C@@H](Nc1c(Nc2cccc(C(=O)N(C)Cc3cccnc3)c2O)c(=O)c1=O)c1ccccc1. The summed E-state index contributed by atoms with van der Waals surface area (Å²) in [4.78, 5) is 43.2. The van der Waals surface area contributed by atoms with Crippen LogP contribution in [0.15, 0.2) is 82.6 Å². The third-order valence-corrected chi connectivity index (χ3v) is 5.85. The minimum atomic E-state index is -0.680. The summed E-state index contributed by atoms with van der Waals surface area (Å²) >= 11 is 0. The first-order valence-corrected chi connectivity index (χ1v) is 11.3. The molecule has 1 heterocycles. The summed E-state index contributed by atoms with van der Waals surface area (Å²) in [5, 5.41) is 16.8. The highest BCUT2D eigenvalue weighted by atomic mass is 16.3. The topological polar surface area (TPSA) is 112 Å². The van der Waals surface area contributed by atoms with E-state index in [1.54, 1.807) is 37.6 Å². The van der Waals surface area contributed by atoms with Gasteiger partial charge in [0.15, 0.2) is 5.75 Å². The molecular formula is C27H26N4O4. The molecule has 4 rings (SSSR count). The minimum Gasteiger partial charge on any atom is -0.505 e. The van der Waals surface area contributed by atoms with Gasteiger partial charge in [0.05, 0.1) is 17.3 Å². The predicted molar refractivity (Wildman–Crippen MR) is 136 cm³/mol. The Morgan fingerprint density at radius 3 is 2.43 bits per heavy atom. The van der Waals surface area contributed by atoms with E-state index in [4.69, 9.17) is 0 Å². The van der Waals surface area contributed by atoms with Crippen LogP contribution < -0.4 is 21.5 Å². The molecule has 0 saturated heterocycles. The van der Waals surface area contributed by atoms with E-state index in [1.807, 2.05) is 43.3 Å². The van der Waals surface area contributed by atoms with Gasteiger partial charge in [-0.15, -0.1) is 0 Å². The molecule has 0 radical (unpaired) electrons. The number of carbonyl (C=O) groups is 1. The molecule has 8 nitrogen and oxygen atoms in total. The van der Waals surface area contributed by atoms with E-state index >= 15 is 0 Å². The number of aromatic hydroxyl groups is 1. The Hall–Kier alpha value is -4.46. The van der Waals surface area contributed by atoms with Gasteiger partial charge in [-0.05, 0) is 35.7 Å². The van der Waals surface area contributed by atoms with Crippen molar-refractivity contribution < 1.29 is 9.90 Å². The predicted octanol–water partition coefficient (Wildman–Crippen LogP) is 3.96. The van der Waals surface area contributed by atoms with Crippen LogP contribution in [0.1, 0.15) is 40.9 Å². The molecule has 0 aliphatic rings. The second kappa shape index (κ2) is 10.2. The van der Waals surface area contributed by atoms with Gasteiger partial charge in [-0.25, -0.2) is 0 Å². The minimum absolute atomic E-state index is 0.0630. The Balaban J connectivity index is 1.55. The fraction of sp³-hybridized carbons (Fsp3) is 0.185. The van der Waals surface area contributed by atoms with E-state index in [9.17, 15) is 19.5 Å². The van der Waals surface area contributed by atoms with Crippen LogP contribution in [0, 0.1) is 0 Å². The summed E-state index contributed by atoms with van der Waals surface area (Å²) in [6.45, 7) is 2.29. The van der Waals surface area contributed by atoms with Crippen molar-refractivity contribution >= 4 is 23.0 Å². The number of carbonyl (C=O) groups excluding carboxylic acids is 1. The molecule has 0 aliphatic heterocycles. The zero-order chi connectivity index (χ0) is 24.9. The van der Waals surface area contributed by atoms with Gasteiger partial charge in [0.25, 0.3) is 16.8 Å². The van der Waals surface area contributed by atoms with E-state index in [2.05, 4.69) is 15.6 Å². The van der Waals surface area contributed by atoms with E-state index < -0.39 is 16.8 Å². The van der Waals surface area contributed by atoms with Crippen LogP contribution in [0.3, 0.4) is 0 Å². The molecule has 3 N–H and O–H groups in total. The van der Waals surface area contributed by atoms with Gasteiger partial charge < -0.3 is 20.6 Å². The zero-order valence-electron chi connectivity index (χ0n) is 19.5. The highest BCUT2D eigenvalue weighted by Crippen LogP contribution is 2.33. The van der Waals surface area contributed by atoms with Gasteiger partial charge in [0, 0.05) is 26.0 Å². The first-order valence-electron chi connectivity index (χ1n) is 11.3. The molecule has 0 spiro atoms. The first-order chi connectivity index (χ1) is 16.9. The van der Waals surface area contributed by atoms with Gasteiger partial charge in [-0.2, -0.15) is 0 Å². The maximum absolute atomic E-state index is 13.0. The Labute approximate surface area is 202 Å². The first kappa shape index (κ1) is 23.7. The van der Waals surface area contributed by atoms with Crippen molar-refractivity contribution in [1.82, 2.24) is 9.88 Å². The average molecular weight is 471 g/mol. The van der Waals surface area contributed by atoms with E-state index in [0.717, 1.165) is 11.1 Å². The van der Waals surface area contributed by atoms with Gasteiger partial charge in [-0.3, -0.25) is 19.4 Å². The number of nitrogens with zero attached hydrogens (tertiary/aromatic N) is 2. The third kappa shape index (κ3) is 4.91. The maximum Gasteiger partial charge on any atom is 0.257 e. The van der Waals surface area contributed by atoms with Gasteiger partial charge >= 0.3 is 0 Å². The molecule has 4 aromatic rings. The molecule has 0 aliphatic carbocycles. The normalized spacial score (nSPS) is 11.7. The molecule has 1 atom stereocenters. The van der Waals surface area contributed by atoms with Crippen molar-refractivity contribution in [2.75, 3.05) is 17.7 Å². The second-order valence-electron chi connectivity index (χ2n) is 8.27. The highest BCUT2D eigenvalue weighted by Gasteiger charge is 2.25. The molecule has 178 valence electrons. The number of hydrogen-bond donors (Lipinski definition) is 3. The van der Waals surface area contributed by atoms with Crippen molar-refractivity contribution in [2.45, 2.75) is 25.9 Å². The fourth-order valence-corrected chi connectivity index (χ4v) is 3.92. The third-order valence-electron chi connectivity index (χ3n) is 5.85. The molecule has 35 heavy (non-hydrogen) atoms. The Kier molecular flexibility index (Phi) is 6.91. The Morgan fingerprint density at radius 1 is 1.00 bits per heavy atom. The summed E-state index contributed by atoms with van der Waals surface area (Å²) in [5.41, 5.74) is 0.994. The van der Waals surface area contributed by atoms with Crippen LogP contribution in [0.2, 0.25) is 0 Å². The van der Waals surface area contributed by atoms with Crippen molar-refractivity contribution in [1.29, 1.82) is 0 Å². The lowest BCUT2D eigenvalue weighted by molar-refractivity contribution is 0.0782. The smallest absolute Gasteiger partial charge is 0.257 e. The van der Waals surface area contributed by atoms with Crippen LogP contribution in [0.4, 0.5) is 17.1 Å². The maximum atomic E-state index is 13.0. The number of nitrogens with one attached hydrogen (secondary N) is 2. The number of para-hydroxylation sites is 1. The van der Waals surface area contributed by atoms with Gasteiger partial charge in [-0.1, -0.05) is 49.4 Å². The van der Waals surface area contributed by atoms with E-state index in [0.29, 0.717) is 13.0 Å². The lowest BCUT2D eigenvalue weighted by atomic mass is 10.0. The van der Waals surface area contributed by atoms with Crippen LogP contribution in [-0.2, 0) is 6.54 Å². The highest BCUT2D eigenvalue weighted by molar-refractivity contribution is 5.99. The molecule has 0 bridgehead atoms. The molecule has 3 aromatic carbocycles. The number of hydrogen-bond acceptors (Lipinski definition) is 7. The number of rotatable bonds is 9. The van der Waals surface area contributed by atoms with Crippen LogP contribution in [0.25, 0.3) is 0 Å². The lowest BCUT2D eigenvalue weighted by Crippen LogP contribution is -2.37. The van der Waals surface area contributed by atoms with E-state index in [-0.39, 0.29) is 34.4 Å². The summed E-state index contributed by atoms with van der Waals surface area (Å²) < 4.78 is 0. The van der Waals surface area contributed by atoms with E-state index in [1.165, 1.54) is 11.0 Å². The molecule has 0 fully saturated rings. The van der Waals surface area contributed by atoms with Gasteiger partial charge in [0.1, 0.15) is 11.4 Å². The number of benzene rings is 2. The molecule has 1 aromatic heterocycles. The van der Waals surface area contributed by atoms with Crippen LogP contribution in [-0.4, -0.2) is 27.9 Å². The number of phenols is 1. The molecule has 0 saturated carbocycles.